The third-order valence-corrected chi connectivity index (χ3v) is 5.00. The number of hydrogen-bond acceptors (Lipinski definition) is 3. The fraction of sp³-hybridized carbons (Fsp3) is 0.368. The Morgan fingerprint density at radius 2 is 1.71 bits per heavy atom. The smallest absolute Gasteiger partial charge is 0.378 e. The Morgan fingerprint density at radius 3 is 2.21 bits per heavy atom. The summed E-state index contributed by atoms with van der Waals surface area (Å²) in [5.74, 6) is 0.365. The zero-order valence-corrected chi connectivity index (χ0v) is 16.3. The van der Waals surface area contributed by atoms with Gasteiger partial charge in [-0.05, 0) is 30.3 Å². The summed E-state index contributed by atoms with van der Waals surface area (Å²) in [5, 5.41) is 0.00822. The summed E-state index contributed by atoms with van der Waals surface area (Å²) in [6, 6.07) is 8.28. The first-order valence-electron chi connectivity index (χ1n) is 8.77. The van der Waals surface area contributed by atoms with Gasteiger partial charge in [-0.2, -0.15) is 13.2 Å². The van der Waals surface area contributed by atoms with Crippen LogP contribution in [0.15, 0.2) is 36.5 Å². The molecule has 9 heteroatoms. The van der Waals surface area contributed by atoms with E-state index in [0.717, 1.165) is 18.0 Å². The van der Waals surface area contributed by atoms with Crippen molar-refractivity contribution in [2.45, 2.75) is 6.18 Å². The van der Waals surface area contributed by atoms with E-state index in [0.29, 0.717) is 37.6 Å². The number of carbonyl (C=O) groups excluding carboxylic acids is 1. The molecule has 1 aromatic carbocycles. The van der Waals surface area contributed by atoms with E-state index in [4.69, 9.17) is 11.6 Å². The van der Waals surface area contributed by atoms with Gasteiger partial charge in [-0.25, -0.2) is 4.98 Å². The molecule has 0 saturated carbocycles. The van der Waals surface area contributed by atoms with Crippen LogP contribution in [0.1, 0.15) is 15.9 Å². The van der Waals surface area contributed by atoms with Gasteiger partial charge in [0, 0.05) is 25.3 Å². The molecule has 1 aliphatic rings. The largest absolute Gasteiger partial charge is 0.419 e. The molecule has 2 heterocycles. The van der Waals surface area contributed by atoms with Crippen LogP contribution < -0.4 is 14.8 Å². The topological polar surface area (TPSA) is 40.9 Å². The highest BCUT2D eigenvalue weighted by Crippen LogP contribution is 2.32. The molecule has 2 aromatic rings. The molecule has 1 fully saturated rings. The predicted molar refractivity (Wildman–Crippen MR) is 102 cm³/mol. The van der Waals surface area contributed by atoms with Gasteiger partial charge in [0.2, 0.25) is 0 Å². The zero-order chi connectivity index (χ0) is 20.5. The molecule has 0 aliphatic carbocycles. The maximum absolute atomic E-state index is 12.8. The lowest BCUT2D eigenvalue weighted by atomic mass is 10.1. The highest BCUT2D eigenvalue weighted by Gasteiger charge is 2.34. The number of benzene rings is 1. The Labute approximate surface area is 166 Å². The SMILES string of the molecule is CN(C)c1ccc(C(=O)N2CCN(c3[nH+]cc(C(F)(F)F)cc3Cl)CC2)cc1. The molecule has 0 atom stereocenters. The number of hydrogen-bond donors (Lipinski definition) is 0. The lowest BCUT2D eigenvalue weighted by Gasteiger charge is -2.31. The molecule has 5 nitrogen and oxygen atoms in total. The first kappa shape index (κ1) is 20.3. The summed E-state index contributed by atoms with van der Waals surface area (Å²) in [6.07, 6.45) is -3.54. The van der Waals surface area contributed by atoms with Crippen molar-refractivity contribution in [2.24, 2.45) is 0 Å². The minimum atomic E-state index is -4.45. The van der Waals surface area contributed by atoms with Gasteiger partial charge in [0.25, 0.3) is 11.7 Å². The quantitative estimate of drug-likeness (QED) is 0.776. The van der Waals surface area contributed by atoms with Crippen LogP contribution in [0.3, 0.4) is 0 Å². The van der Waals surface area contributed by atoms with Crippen LogP contribution in [0, 0.1) is 0 Å². The number of nitrogens with one attached hydrogen (secondary N) is 1. The first-order valence-corrected chi connectivity index (χ1v) is 9.14. The molecule has 1 saturated heterocycles. The van der Waals surface area contributed by atoms with E-state index < -0.39 is 11.7 Å². The second-order valence-electron chi connectivity index (χ2n) is 6.80. The lowest BCUT2D eigenvalue weighted by Crippen LogP contribution is -2.50. The Hall–Kier alpha value is -2.48. The molecule has 0 unspecified atom stereocenters. The summed E-state index contributed by atoms with van der Waals surface area (Å²) in [7, 11) is 3.86. The minimum Gasteiger partial charge on any atom is -0.378 e. The Kier molecular flexibility index (Phi) is 5.69. The maximum Gasteiger partial charge on any atom is 0.419 e. The normalized spacial score (nSPS) is 14.9. The van der Waals surface area contributed by atoms with E-state index in [9.17, 15) is 18.0 Å². The van der Waals surface area contributed by atoms with Crippen LogP contribution in [0.2, 0.25) is 5.02 Å². The van der Waals surface area contributed by atoms with E-state index in [-0.39, 0.29) is 10.9 Å². The molecule has 0 bridgehead atoms. The zero-order valence-electron chi connectivity index (χ0n) is 15.6. The van der Waals surface area contributed by atoms with Crippen LogP contribution in [0.25, 0.3) is 0 Å². The van der Waals surface area contributed by atoms with E-state index in [2.05, 4.69) is 4.98 Å². The second-order valence-corrected chi connectivity index (χ2v) is 7.21. The first-order chi connectivity index (χ1) is 13.2. The molecule has 1 N–H and O–H groups in total. The van der Waals surface area contributed by atoms with Gasteiger partial charge in [0.15, 0.2) is 0 Å². The summed E-state index contributed by atoms with van der Waals surface area (Å²) >= 11 is 6.05. The van der Waals surface area contributed by atoms with Gasteiger partial charge in [0.1, 0.15) is 24.3 Å². The van der Waals surface area contributed by atoms with Crippen molar-refractivity contribution in [2.75, 3.05) is 50.1 Å². The molecule has 1 aromatic heterocycles. The summed E-state index contributed by atoms with van der Waals surface area (Å²) < 4.78 is 38.3. The maximum atomic E-state index is 12.8. The number of nitrogens with zero attached hydrogens (tertiary/aromatic N) is 3. The Morgan fingerprint density at radius 1 is 1.11 bits per heavy atom. The van der Waals surface area contributed by atoms with Crippen molar-refractivity contribution in [1.29, 1.82) is 0 Å². The van der Waals surface area contributed by atoms with Gasteiger partial charge in [-0.3, -0.25) is 9.69 Å². The molecule has 3 rings (SSSR count). The number of aromatic amines is 1. The van der Waals surface area contributed by atoms with E-state index >= 15 is 0 Å². The van der Waals surface area contributed by atoms with Crippen LogP contribution in [0.5, 0.6) is 0 Å². The fourth-order valence-electron chi connectivity index (χ4n) is 3.09. The predicted octanol–water partition coefficient (Wildman–Crippen LogP) is 3.20. The number of piperazine rings is 1. The van der Waals surface area contributed by atoms with Crippen LogP contribution in [0.4, 0.5) is 24.7 Å². The molecule has 0 spiro atoms. The number of pyridine rings is 1. The van der Waals surface area contributed by atoms with Crippen molar-refractivity contribution in [1.82, 2.24) is 4.90 Å². The van der Waals surface area contributed by atoms with E-state index in [1.54, 1.807) is 17.0 Å². The highest BCUT2D eigenvalue weighted by atomic mass is 35.5. The van der Waals surface area contributed by atoms with Crippen LogP contribution in [-0.4, -0.2) is 51.1 Å². The fourth-order valence-corrected chi connectivity index (χ4v) is 3.38. The number of carbonyl (C=O) groups is 1. The summed E-state index contributed by atoms with van der Waals surface area (Å²) in [4.78, 5) is 20.9. The number of rotatable bonds is 3. The second kappa shape index (κ2) is 7.87. The van der Waals surface area contributed by atoms with Crippen molar-refractivity contribution in [3.8, 4) is 0 Å². The minimum absolute atomic E-state index is 0.00822. The van der Waals surface area contributed by atoms with Crippen molar-refractivity contribution >= 4 is 29.0 Å². The molecule has 1 amide bonds. The highest BCUT2D eigenvalue weighted by molar-refractivity contribution is 6.32. The third kappa shape index (κ3) is 4.32. The third-order valence-electron chi connectivity index (χ3n) is 4.71. The van der Waals surface area contributed by atoms with E-state index in [1.165, 1.54) is 0 Å². The van der Waals surface area contributed by atoms with Gasteiger partial charge in [-0.15, -0.1) is 0 Å². The van der Waals surface area contributed by atoms with Gasteiger partial charge < -0.3 is 9.80 Å². The Balaban J connectivity index is 1.65. The number of aromatic nitrogens is 1. The molecular weight excluding hydrogens is 393 g/mol. The molecule has 1 aliphatic heterocycles. The number of amides is 1. The molecule has 0 radical (unpaired) electrons. The molecule has 28 heavy (non-hydrogen) atoms. The number of H-pyrrole nitrogens is 1. The van der Waals surface area contributed by atoms with Crippen molar-refractivity contribution < 1.29 is 22.9 Å². The van der Waals surface area contributed by atoms with Crippen molar-refractivity contribution in [3.05, 3.63) is 52.7 Å². The number of halogens is 4. The summed E-state index contributed by atoms with van der Waals surface area (Å²) in [6.45, 7) is 1.87. The number of anilines is 2. The average molecular weight is 414 g/mol. The number of alkyl halides is 3. The molecular formula is C19H21ClF3N4O+. The Bertz CT molecular complexity index is 847. The van der Waals surface area contributed by atoms with E-state index in [1.807, 2.05) is 36.0 Å². The molecule has 150 valence electrons. The average Bonchev–Trinajstić information content (AvgIpc) is 2.67. The van der Waals surface area contributed by atoms with Gasteiger partial charge in [0.05, 0.1) is 18.7 Å². The van der Waals surface area contributed by atoms with Crippen LogP contribution >= 0.6 is 11.6 Å². The van der Waals surface area contributed by atoms with Crippen molar-refractivity contribution in [3.63, 3.8) is 0 Å². The summed E-state index contributed by atoms with van der Waals surface area (Å²) in [5.41, 5.74) is 0.795. The standard InChI is InChI=1S/C19H20ClF3N4O/c1-25(2)15-5-3-13(4-6-15)18(28)27-9-7-26(8-10-27)17-16(20)11-14(12-24-17)19(21,22)23/h3-6,11-12H,7-10H2,1-2H3/p+1. The lowest BCUT2D eigenvalue weighted by molar-refractivity contribution is -0.367. The monoisotopic (exact) mass is 413 g/mol. The van der Waals surface area contributed by atoms with Gasteiger partial charge >= 0.3 is 6.18 Å². The van der Waals surface area contributed by atoms with Gasteiger partial charge in [-0.1, -0.05) is 11.6 Å². The van der Waals surface area contributed by atoms with Crippen LogP contribution in [-0.2, 0) is 6.18 Å².